The molecule has 16 heavy (non-hydrogen) atoms. The summed E-state index contributed by atoms with van der Waals surface area (Å²) in [5.74, 6) is 0. The first-order valence-corrected chi connectivity index (χ1v) is 5.27. The Bertz CT molecular complexity index is 479. The van der Waals surface area contributed by atoms with Gasteiger partial charge in [-0.25, -0.2) is 0 Å². The number of aliphatic hydroxyl groups is 1. The molecule has 0 aliphatic rings. The lowest BCUT2D eigenvalue weighted by atomic mass is 9.98. The van der Waals surface area contributed by atoms with E-state index in [0.717, 1.165) is 16.7 Å². The lowest BCUT2D eigenvalue weighted by Crippen LogP contribution is -2.03. The standard InChI is InChI=1S/C14H15NO/c1-10-7-8-13(15)12(9-10)14(16)11-5-3-2-4-6-11/h2-9,14,16H,15H2,1H3/t14-/m1/s1. The monoisotopic (exact) mass is 213 g/mol. The van der Waals surface area contributed by atoms with Gasteiger partial charge in [0.2, 0.25) is 0 Å². The molecule has 0 bridgehead atoms. The fourth-order valence-electron chi connectivity index (χ4n) is 1.75. The van der Waals surface area contributed by atoms with Crippen LogP contribution in [0, 0.1) is 6.92 Å². The van der Waals surface area contributed by atoms with Crippen LogP contribution in [0.1, 0.15) is 22.8 Å². The average Bonchev–Trinajstić information content (AvgIpc) is 2.32. The molecule has 2 nitrogen and oxygen atoms in total. The highest BCUT2D eigenvalue weighted by atomic mass is 16.3. The number of nitrogen functional groups attached to an aromatic ring is 1. The molecule has 0 fully saturated rings. The van der Waals surface area contributed by atoms with Crippen LogP contribution in [0.4, 0.5) is 5.69 Å². The van der Waals surface area contributed by atoms with Gasteiger partial charge in [-0.1, -0.05) is 48.0 Å². The second-order valence-electron chi connectivity index (χ2n) is 3.95. The van der Waals surface area contributed by atoms with E-state index in [2.05, 4.69) is 0 Å². The van der Waals surface area contributed by atoms with E-state index in [1.54, 1.807) is 0 Å². The molecule has 2 aromatic carbocycles. The summed E-state index contributed by atoms with van der Waals surface area (Å²) >= 11 is 0. The summed E-state index contributed by atoms with van der Waals surface area (Å²) in [4.78, 5) is 0. The second kappa shape index (κ2) is 4.37. The predicted molar refractivity (Wildman–Crippen MR) is 66.1 cm³/mol. The van der Waals surface area contributed by atoms with Gasteiger partial charge in [-0.05, 0) is 18.6 Å². The van der Waals surface area contributed by atoms with Crippen LogP contribution in [0.15, 0.2) is 48.5 Å². The third-order valence-electron chi connectivity index (χ3n) is 2.65. The van der Waals surface area contributed by atoms with Crippen molar-refractivity contribution in [3.63, 3.8) is 0 Å². The largest absolute Gasteiger partial charge is 0.398 e. The van der Waals surface area contributed by atoms with Crippen LogP contribution in [-0.4, -0.2) is 5.11 Å². The van der Waals surface area contributed by atoms with Crippen molar-refractivity contribution in [2.75, 3.05) is 5.73 Å². The van der Waals surface area contributed by atoms with Gasteiger partial charge in [0.25, 0.3) is 0 Å². The number of rotatable bonds is 2. The Balaban J connectivity index is 2.41. The van der Waals surface area contributed by atoms with Crippen molar-refractivity contribution >= 4 is 5.69 Å². The van der Waals surface area contributed by atoms with Gasteiger partial charge in [0.15, 0.2) is 0 Å². The summed E-state index contributed by atoms with van der Waals surface area (Å²) in [6, 6.07) is 15.2. The maximum atomic E-state index is 10.2. The van der Waals surface area contributed by atoms with Gasteiger partial charge in [-0.3, -0.25) is 0 Å². The Kier molecular flexibility index (Phi) is 2.93. The van der Waals surface area contributed by atoms with Crippen LogP contribution in [0.25, 0.3) is 0 Å². The summed E-state index contributed by atoms with van der Waals surface area (Å²) in [5.41, 5.74) is 9.22. The fraction of sp³-hybridized carbons (Fsp3) is 0.143. The summed E-state index contributed by atoms with van der Waals surface area (Å²) in [6.45, 7) is 1.99. The second-order valence-corrected chi connectivity index (χ2v) is 3.95. The van der Waals surface area contributed by atoms with Crippen LogP contribution in [0.2, 0.25) is 0 Å². The Labute approximate surface area is 95.4 Å². The molecule has 2 aromatic rings. The highest BCUT2D eigenvalue weighted by Gasteiger charge is 2.12. The zero-order valence-electron chi connectivity index (χ0n) is 9.22. The Morgan fingerprint density at radius 3 is 2.44 bits per heavy atom. The molecule has 0 spiro atoms. The molecule has 0 saturated carbocycles. The molecule has 0 aliphatic heterocycles. The Hall–Kier alpha value is -1.80. The van der Waals surface area contributed by atoms with E-state index in [1.807, 2.05) is 55.5 Å². The number of hydrogen-bond donors (Lipinski definition) is 2. The molecule has 0 unspecified atom stereocenters. The molecule has 0 saturated heterocycles. The van der Waals surface area contributed by atoms with Crippen LogP contribution >= 0.6 is 0 Å². The zero-order chi connectivity index (χ0) is 11.5. The van der Waals surface area contributed by atoms with Crippen LogP contribution in [0.5, 0.6) is 0 Å². The van der Waals surface area contributed by atoms with E-state index in [9.17, 15) is 5.11 Å². The van der Waals surface area contributed by atoms with E-state index >= 15 is 0 Å². The molecule has 0 heterocycles. The number of nitrogens with two attached hydrogens (primary N) is 1. The number of hydrogen-bond acceptors (Lipinski definition) is 2. The molecule has 2 rings (SSSR count). The molecule has 0 aliphatic carbocycles. The van der Waals surface area contributed by atoms with E-state index in [0.29, 0.717) is 5.69 Å². The molecule has 82 valence electrons. The predicted octanol–water partition coefficient (Wildman–Crippen LogP) is 2.66. The highest BCUT2D eigenvalue weighted by Crippen LogP contribution is 2.27. The molecule has 0 amide bonds. The average molecular weight is 213 g/mol. The molecule has 2 heteroatoms. The number of benzene rings is 2. The summed E-state index contributed by atoms with van der Waals surface area (Å²) in [6.07, 6.45) is -0.652. The van der Waals surface area contributed by atoms with Crippen LogP contribution in [-0.2, 0) is 0 Å². The third kappa shape index (κ3) is 2.07. The molecule has 0 aromatic heterocycles. The quantitative estimate of drug-likeness (QED) is 0.753. The molecule has 0 radical (unpaired) electrons. The van der Waals surface area contributed by atoms with Crippen LogP contribution < -0.4 is 5.73 Å². The van der Waals surface area contributed by atoms with E-state index < -0.39 is 6.10 Å². The highest BCUT2D eigenvalue weighted by molar-refractivity contribution is 5.52. The Morgan fingerprint density at radius 1 is 1.06 bits per heavy atom. The van der Waals surface area contributed by atoms with Crippen molar-refractivity contribution in [3.05, 3.63) is 65.2 Å². The van der Waals surface area contributed by atoms with Crippen molar-refractivity contribution < 1.29 is 5.11 Å². The van der Waals surface area contributed by atoms with Crippen molar-refractivity contribution in [1.82, 2.24) is 0 Å². The van der Waals surface area contributed by atoms with Gasteiger partial charge in [-0.2, -0.15) is 0 Å². The maximum Gasteiger partial charge on any atom is 0.106 e. The molecule has 1 atom stereocenters. The summed E-state index contributed by atoms with van der Waals surface area (Å²) < 4.78 is 0. The normalized spacial score (nSPS) is 12.4. The topological polar surface area (TPSA) is 46.2 Å². The summed E-state index contributed by atoms with van der Waals surface area (Å²) in [7, 11) is 0. The minimum absolute atomic E-state index is 0.627. The van der Waals surface area contributed by atoms with E-state index in [-0.39, 0.29) is 0 Å². The maximum absolute atomic E-state index is 10.2. The molecular weight excluding hydrogens is 198 g/mol. The van der Waals surface area contributed by atoms with Gasteiger partial charge < -0.3 is 10.8 Å². The van der Waals surface area contributed by atoms with Crippen molar-refractivity contribution in [2.24, 2.45) is 0 Å². The first-order valence-electron chi connectivity index (χ1n) is 5.27. The third-order valence-corrected chi connectivity index (χ3v) is 2.65. The SMILES string of the molecule is Cc1ccc(N)c([C@H](O)c2ccccc2)c1. The first-order chi connectivity index (χ1) is 7.68. The number of aliphatic hydroxyl groups excluding tert-OH is 1. The smallest absolute Gasteiger partial charge is 0.106 e. The fourth-order valence-corrected chi connectivity index (χ4v) is 1.75. The van der Waals surface area contributed by atoms with Gasteiger partial charge in [0, 0.05) is 11.3 Å². The minimum Gasteiger partial charge on any atom is -0.398 e. The van der Waals surface area contributed by atoms with Gasteiger partial charge >= 0.3 is 0 Å². The summed E-state index contributed by atoms with van der Waals surface area (Å²) in [5, 5.41) is 10.2. The molecular formula is C14H15NO. The van der Waals surface area contributed by atoms with Crippen molar-refractivity contribution in [3.8, 4) is 0 Å². The van der Waals surface area contributed by atoms with Crippen LogP contribution in [0.3, 0.4) is 0 Å². The first kappa shape index (κ1) is 10.7. The molecule has 3 N–H and O–H groups in total. The van der Waals surface area contributed by atoms with Gasteiger partial charge in [0.05, 0.1) is 0 Å². The zero-order valence-corrected chi connectivity index (χ0v) is 9.22. The lowest BCUT2D eigenvalue weighted by Gasteiger charge is -2.14. The van der Waals surface area contributed by atoms with Gasteiger partial charge in [-0.15, -0.1) is 0 Å². The van der Waals surface area contributed by atoms with E-state index in [4.69, 9.17) is 5.73 Å². The lowest BCUT2D eigenvalue weighted by molar-refractivity contribution is 0.221. The number of anilines is 1. The Morgan fingerprint density at radius 2 is 1.75 bits per heavy atom. The van der Waals surface area contributed by atoms with E-state index in [1.165, 1.54) is 0 Å². The van der Waals surface area contributed by atoms with Crippen molar-refractivity contribution in [2.45, 2.75) is 13.0 Å². The van der Waals surface area contributed by atoms with Crippen molar-refractivity contribution in [1.29, 1.82) is 0 Å². The number of aryl methyl sites for hydroxylation is 1. The minimum atomic E-state index is -0.652. The van der Waals surface area contributed by atoms with Gasteiger partial charge in [0.1, 0.15) is 6.10 Å².